The molecule has 0 spiro atoms. The molecule has 1 aromatic carbocycles. The molecule has 1 rings (SSSR count). The van der Waals surface area contributed by atoms with E-state index in [1.807, 2.05) is 31.2 Å². The molecule has 0 heterocycles. The third-order valence-corrected chi connectivity index (χ3v) is 3.27. The highest BCUT2D eigenvalue weighted by Gasteiger charge is 2.19. The first-order chi connectivity index (χ1) is 9.99. The fourth-order valence-electron chi connectivity index (χ4n) is 2.22. The smallest absolute Gasteiger partial charge is 0.254 e. The maximum atomic E-state index is 12.7. The summed E-state index contributed by atoms with van der Waals surface area (Å²) in [5.41, 5.74) is 7.29. The average Bonchev–Trinajstić information content (AvgIpc) is 2.49. The Morgan fingerprint density at radius 1 is 1.38 bits per heavy atom. The van der Waals surface area contributed by atoms with Crippen LogP contribution in [-0.2, 0) is 6.42 Å². The summed E-state index contributed by atoms with van der Waals surface area (Å²) >= 11 is 0. The van der Waals surface area contributed by atoms with Gasteiger partial charge < -0.3 is 15.8 Å². The molecular formula is C16H25N3O2. The molecule has 1 amide bonds. The normalized spacial score (nSPS) is 11.7. The van der Waals surface area contributed by atoms with E-state index in [2.05, 4.69) is 19.0 Å². The monoisotopic (exact) mass is 291 g/mol. The summed E-state index contributed by atoms with van der Waals surface area (Å²) in [7, 11) is 0. The fraction of sp³-hybridized carbons (Fsp3) is 0.500. The van der Waals surface area contributed by atoms with Crippen LogP contribution in [0.1, 0.15) is 43.1 Å². The molecule has 5 nitrogen and oxygen atoms in total. The zero-order valence-electron chi connectivity index (χ0n) is 13.0. The van der Waals surface area contributed by atoms with Crippen LogP contribution in [-0.4, -0.2) is 34.9 Å². The van der Waals surface area contributed by atoms with Crippen molar-refractivity contribution in [1.29, 1.82) is 0 Å². The van der Waals surface area contributed by atoms with Crippen LogP contribution in [0, 0.1) is 5.92 Å². The third kappa shape index (κ3) is 5.10. The Kier molecular flexibility index (Phi) is 6.72. The molecule has 21 heavy (non-hydrogen) atoms. The van der Waals surface area contributed by atoms with Gasteiger partial charge in [-0.05, 0) is 24.0 Å². The summed E-state index contributed by atoms with van der Waals surface area (Å²) in [6.07, 6.45) is 1.18. The number of aryl methyl sites for hydroxylation is 1. The van der Waals surface area contributed by atoms with Gasteiger partial charge in [0.25, 0.3) is 5.91 Å². The van der Waals surface area contributed by atoms with Gasteiger partial charge in [0.1, 0.15) is 5.84 Å². The van der Waals surface area contributed by atoms with Gasteiger partial charge >= 0.3 is 0 Å². The maximum absolute atomic E-state index is 12.7. The number of carbonyl (C=O) groups is 1. The number of nitrogens with two attached hydrogens (primary N) is 1. The molecule has 0 aromatic heterocycles. The first-order valence-corrected chi connectivity index (χ1v) is 7.33. The largest absolute Gasteiger partial charge is 0.409 e. The minimum atomic E-state index is 0.00638. The van der Waals surface area contributed by atoms with Gasteiger partial charge in [-0.15, -0.1) is 0 Å². The second-order valence-corrected chi connectivity index (χ2v) is 5.50. The fourth-order valence-corrected chi connectivity index (χ4v) is 2.22. The molecule has 0 aliphatic heterocycles. The highest BCUT2D eigenvalue weighted by molar-refractivity contribution is 5.96. The Bertz CT molecular complexity index is 498. The molecule has 0 fully saturated rings. The van der Waals surface area contributed by atoms with Gasteiger partial charge in [-0.25, -0.2) is 0 Å². The summed E-state index contributed by atoms with van der Waals surface area (Å²) in [6.45, 7) is 7.26. The summed E-state index contributed by atoms with van der Waals surface area (Å²) in [5.74, 6) is 0.502. The molecule has 0 saturated carbocycles. The quantitative estimate of drug-likeness (QED) is 0.350. The van der Waals surface area contributed by atoms with E-state index in [4.69, 9.17) is 10.9 Å². The number of amidine groups is 1. The van der Waals surface area contributed by atoms with Gasteiger partial charge in [0.05, 0.1) is 0 Å². The molecule has 5 heteroatoms. The van der Waals surface area contributed by atoms with Gasteiger partial charge in [0.2, 0.25) is 0 Å². The SMILES string of the molecule is CCc1ccccc1C(=O)N(CC/C(N)=N/O)CC(C)C. The highest BCUT2D eigenvalue weighted by Crippen LogP contribution is 2.14. The van der Waals surface area contributed by atoms with Gasteiger partial charge in [0.15, 0.2) is 0 Å². The van der Waals surface area contributed by atoms with Crippen LogP contribution in [0.5, 0.6) is 0 Å². The second-order valence-electron chi connectivity index (χ2n) is 5.50. The standard InChI is InChI=1S/C16H25N3O2/c1-4-13-7-5-6-8-14(13)16(20)19(11-12(2)3)10-9-15(17)18-21/h5-8,12,21H,4,9-11H2,1-3H3,(H2,17,18). The topological polar surface area (TPSA) is 78.9 Å². The summed E-state index contributed by atoms with van der Waals surface area (Å²) in [5, 5.41) is 11.6. The predicted molar refractivity (Wildman–Crippen MR) is 84.6 cm³/mol. The van der Waals surface area contributed by atoms with Crippen LogP contribution in [0.4, 0.5) is 0 Å². The first kappa shape index (κ1) is 17.0. The van der Waals surface area contributed by atoms with Crippen LogP contribution >= 0.6 is 0 Å². The van der Waals surface area contributed by atoms with E-state index in [1.165, 1.54) is 0 Å². The van der Waals surface area contributed by atoms with Crippen molar-refractivity contribution >= 4 is 11.7 Å². The number of oxime groups is 1. The summed E-state index contributed by atoms with van der Waals surface area (Å²) in [6, 6.07) is 7.66. The zero-order chi connectivity index (χ0) is 15.8. The summed E-state index contributed by atoms with van der Waals surface area (Å²) in [4.78, 5) is 14.5. The molecule has 0 unspecified atom stereocenters. The number of amides is 1. The highest BCUT2D eigenvalue weighted by atomic mass is 16.4. The maximum Gasteiger partial charge on any atom is 0.254 e. The predicted octanol–water partition coefficient (Wildman–Crippen LogP) is 2.48. The van der Waals surface area contributed by atoms with Gasteiger partial charge in [-0.2, -0.15) is 0 Å². The molecule has 0 aliphatic rings. The molecule has 1 aromatic rings. The molecular weight excluding hydrogens is 266 g/mol. The van der Waals surface area contributed by atoms with Crippen molar-refractivity contribution in [3.8, 4) is 0 Å². The Labute approximate surface area is 126 Å². The van der Waals surface area contributed by atoms with Crippen molar-refractivity contribution in [3.63, 3.8) is 0 Å². The number of nitrogens with zero attached hydrogens (tertiary/aromatic N) is 2. The minimum absolute atomic E-state index is 0.00638. The number of rotatable bonds is 7. The number of hydrogen-bond acceptors (Lipinski definition) is 3. The van der Waals surface area contributed by atoms with Crippen LogP contribution in [0.2, 0.25) is 0 Å². The van der Waals surface area contributed by atoms with Crippen molar-refractivity contribution in [3.05, 3.63) is 35.4 Å². The van der Waals surface area contributed by atoms with Crippen molar-refractivity contribution in [1.82, 2.24) is 4.90 Å². The Morgan fingerprint density at radius 3 is 2.62 bits per heavy atom. The van der Waals surface area contributed by atoms with Crippen LogP contribution in [0.25, 0.3) is 0 Å². The molecule has 0 saturated heterocycles. The Morgan fingerprint density at radius 2 is 2.05 bits per heavy atom. The van der Waals surface area contributed by atoms with E-state index < -0.39 is 0 Å². The van der Waals surface area contributed by atoms with Crippen molar-refractivity contribution in [2.45, 2.75) is 33.6 Å². The van der Waals surface area contributed by atoms with Crippen molar-refractivity contribution in [2.24, 2.45) is 16.8 Å². The van der Waals surface area contributed by atoms with Gasteiger partial charge in [0, 0.05) is 25.1 Å². The molecule has 3 N–H and O–H groups in total. The molecule has 0 bridgehead atoms. The minimum Gasteiger partial charge on any atom is -0.409 e. The molecule has 0 aliphatic carbocycles. The van der Waals surface area contributed by atoms with E-state index in [0.717, 1.165) is 17.5 Å². The molecule has 0 radical (unpaired) electrons. The van der Waals surface area contributed by atoms with Crippen LogP contribution in [0.3, 0.4) is 0 Å². The van der Waals surface area contributed by atoms with Gasteiger partial charge in [-0.3, -0.25) is 4.79 Å². The number of hydrogen-bond donors (Lipinski definition) is 2. The average molecular weight is 291 g/mol. The van der Waals surface area contributed by atoms with Crippen molar-refractivity contribution in [2.75, 3.05) is 13.1 Å². The lowest BCUT2D eigenvalue weighted by Crippen LogP contribution is -2.37. The Balaban J connectivity index is 2.93. The second kappa shape index (κ2) is 8.29. The van der Waals surface area contributed by atoms with Crippen molar-refractivity contribution < 1.29 is 10.0 Å². The first-order valence-electron chi connectivity index (χ1n) is 7.33. The lowest BCUT2D eigenvalue weighted by Gasteiger charge is -2.25. The zero-order valence-corrected chi connectivity index (χ0v) is 13.0. The number of carbonyl (C=O) groups excluding carboxylic acids is 1. The van der Waals surface area contributed by atoms with E-state index in [9.17, 15) is 4.79 Å². The van der Waals surface area contributed by atoms with E-state index in [1.54, 1.807) is 4.90 Å². The molecule has 116 valence electrons. The van der Waals surface area contributed by atoms with E-state index in [0.29, 0.717) is 25.4 Å². The van der Waals surface area contributed by atoms with E-state index in [-0.39, 0.29) is 11.7 Å². The van der Waals surface area contributed by atoms with E-state index >= 15 is 0 Å². The van der Waals surface area contributed by atoms with Crippen LogP contribution in [0.15, 0.2) is 29.4 Å². The lowest BCUT2D eigenvalue weighted by molar-refractivity contribution is 0.0739. The third-order valence-electron chi connectivity index (χ3n) is 3.27. The van der Waals surface area contributed by atoms with Crippen LogP contribution < -0.4 is 5.73 Å². The molecule has 0 atom stereocenters. The summed E-state index contributed by atoms with van der Waals surface area (Å²) < 4.78 is 0. The van der Waals surface area contributed by atoms with Gasteiger partial charge in [-0.1, -0.05) is 44.1 Å². The Hall–Kier alpha value is -2.04. The number of benzene rings is 1. The lowest BCUT2D eigenvalue weighted by atomic mass is 10.0.